The van der Waals surface area contributed by atoms with Crippen LogP contribution in [0.15, 0.2) is 231 Å². The van der Waals surface area contributed by atoms with Crippen molar-refractivity contribution in [1.29, 1.82) is 0 Å². The lowest BCUT2D eigenvalue weighted by Crippen LogP contribution is -2.16. The minimum Gasteiger partial charge on any atom is -0.310 e. The minimum atomic E-state index is 1.09. The summed E-state index contributed by atoms with van der Waals surface area (Å²) in [7, 11) is 0. The van der Waals surface area contributed by atoms with Gasteiger partial charge in [-0.25, -0.2) is 0 Å². The van der Waals surface area contributed by atoms with Crippen molar-refractivity contribution in [2.45, 2.75) is 55.4 Å². The lowest BCUT2D eigenvalue weighted by atomic mass is 9.89. The fourth-order valence-corrected chi connectivity index (χ4v) is 11.2. The maximum absolute atomic E-state index is 2.48. The zero-order chi connectivity index (χ0) is 52.2. The fourth-order valence-electron chi connectivity index (χ4n) is 11.2. The first-order valence-corrected chi connectivity index (χ1v) is 26.5. The molecule has 0 atom stereocenters. The number of anilines is 12. The van der Waals surface area contributed by atoms with Gasteiger partial charge in [0.1, 0.15) is 0 Å². The summed E-state index contributed by atoms with van der Waals surface area (Å²) in [5, 5.41) is 7.02. The molecule has 0 aliphatic rings. The van der Waals surface area contributed by atoms with E-state index in [0.29, 0.717) is 0 Å². The largest absolute Gasteiger partial charge is 0.310 e. The molecule has 0 N–H and O–H groups in total. The zero-order valence-corrected chi connectivity index (χ0v) is 44.7. The molecule has 0 amide bonds. The van der Waals surface area contributed by atoms with Gasteiger partial charge in [0.2, 0.25) is 0 Å². The van der Waals surface area contributed by atoms with Gasteiger partial charge in [-0.15, -0.1) is 0 Å². The van der Waals surface area contributed by atoms with Crippen molar-refractivity contribution in [3.63, 3.8) is 0 Å². The molecule has 12 aromatic carbocycles. The number of rotatable bonds is 12. The summed E-state index contributed by atoms with van der Waals surface area (Å²) < 4.78 is 0. The van der Waals surface area contributed by atoms with Crippen LogP contribution in [0.25, 0.3) is 32.3 Å². The van der Waals surface area contributed by atoms with Crippen molar-refractivity contribution in [2.24, 2.45) is 0 Å². The van der Waals surface area contributed by atoms with Crippen LogP contribution in [-0.2, 0) is 0 Å². The normalized spacial score (nSPS) is 11.4. The van der Waals surface area contributed by atoms with Gasteiger partial charge < -0.3 is 19.6 Å². The maximum atomic E-state index is 2.48. The van der Waals surface area contributed by atoms with E-state index in [4.69, 9.17) is 0 Å². The average Bonchev–Trinajstić information content (AvgIpc) is 3.55. The Labute approximate surface area is 448 Å². The van der Waals surface area contributed by atoms with E-state index in [-0.39, 0.29) is 0 Å². The van der Waals surface area contributed by atoms with Gasteiger partial charge in [0.05, 0.1) is 22.7 Å². The highest BCUT2D eigenvalue weighted by molar-refractivity contribution is 6.33. The number of hydrogen-bond donors (Lipinski definition) is 0. The van der Waals surface area contributed by atoms with Gasteiger partial charge >= 0.3 is 0 Å². The summed E-state index contributed by atoms with van der Waals surface area (Å²) in [6.07, 6.45) is 0. The molecular formula is C72H62N4. The molecular weight excluding hydrogens is 921 g/mol. The van der Waals surface area contributed by atoms with Crippen molar-refractivity contribution in [3.05, 3.63) is 275 Å². The second kappa shape index (κ2) is 19.6. The summed E-state index contributed by atoms with van der Waals surface area (Å²) in [6, 6.07) is 86.2. The van der Waals surface area contributed by atoms with Gasteiger partial charge in [-0.2, -0.15) is 0 Å². The molecule has 0 unspecified atom stereocenters. The van der Waals surface area contributed by atoms with Crippen molar-refractivity contribution in [2.75, 3.05) is 19.6 Å². The molecule has 0 heterocycles. The van der Waals surface area contributed by atoms with Crippen LogP contribution in [-0.4, -0.2) is 0 Å². The van der Waals surface area contributed by atoms with Gasteiger partial charge in [0, 0.05) is 77.8 Å². The van der Waals surface area contributed by atoms with Gasteiger partial charge in [-0.1, -0.05) is 144 Å². The zero-order valence-electron chi connectivity index (χ0n) is 44.7. The number of hydrogen-bond acceptors (Lipinski definition) is 4. The van der Waals surface area contributed by atoms with Gasteiger partial charge in [-0.3, -0.25) is 0 Å². The van der Waals surface area contributed by atoms with E-state index in [0.717, 1.165) is 89.8 Å². The second-order valence-electron chi connectivity index (χ2n) is 20.9. The molecule has 0 spiro atoms. The van der Waals surface area contributed by atoms with Crippen LogP contribution < -0.4 is 19.6 Å². The molecule has 370 valence electrons. The molecule has 0 aliphatic heterocycles. The Morgan fingerprint density at radius 1 is 0.184 bits per heavy atom. The summed E-state index contributed by atoms with van der Waals surface area (Å²) in [5.41, 5.74) is 22.7. The minimum absolute atomic E-state index is 1.09. The van der Waals surface area contributed by atoms with E-state index >= 15 is 0 Å². The van der Waals surface area contributed by atoms with E-state index in [1.807, 2.05) is 0 Å². The fraction of sp³-hybridized carbons (Fsp3) is 0.111. The average molecular weight is 983 g/mol. The smallest absolute Gasteiger partial charge is 0.0561 e. The van der Waals surface area contributed by atoms with Crippen molar-refractivity contribution in [1.82, 2.24) is 0 Å². The highest BCUT2D eigenvalue weighted by Gasteiger charge is 2.29. The quantitative estimate of drug-likeness (QED) is 0.113. The number of nitrogens with zero attached hydrogens (tertiary/aromatic N) is 4. The molecule has 76 heavy (non-hydrogen) atoms. The number of benzene rings is 12. The van der Waals surface area contributed by atoms with Gasteiger partial charge in [-0.05, 0) is 187 Å². The van der Waals surface area contributed by atoms with Crippen LogP contribution in [0.3, 0.4) is 0 Å². The first-order valence-electron chi connectivity index (χ1n) is 26.5. The van der Waals surface area contributed by atoms with Crippen LogP contribution in [0.1, 0.15) is 44.5 Å². The standard InChI is InChI=1S/C72H62N4/c1-47-21-29-55(30-22-47)73(59-17-9-13-51(5)41-59)67-45-68(74(56-31-23-48(2)24-32-56)60-18-10-14-52(6)42-60)64-39-40-66-70(76(58-35-27-50(4)28-36-58)62-20-12-16-54(8)44-62)46-69(65-38-37-63(67)71(64)72(65)66)75(57-33-25-49(3)26-34-57)61-19-11-15-53(7)43-61/h9-46H,1-8H3. The summed E-state index contributed by atoms with van der Waals surface area (Å²) >= 11 is 0. The molecule has 0 saturated heterocycles. The number of aryl methyl sites for hydroxylation is 8. The topological polar surface area (TPSA) is 13.0 Å². The third-order valence-electron chi connectivity index (χ3n) is 15.0. The summed E-state index contributed by atoms with van der Waals surface area (Å²) in [4.78, 5) is 9.90. The van der Waals surface area contributed by atoms with E-state index in [1.165, 1.54) is 55.3 Å². The predicted octanol–water partition coefficient (Wildman–Crippen LogP) is 20.9. The van der Waals surface area contributed by atoms with E-state index in [2.05, 4.69) is 306 Å². The first-order chi connectivity index (χ1) is 36.9. The van der Waals surface area contributed by atoms with Gasteiger partial charge in [0.15, 0.2) is 0 Å². The molecule has 0 fully saturated rings. The lowest BCUT2D eigenvalue weighted by molar-refractivity contribution is 1.25. The van der Waals surface area contributed by atoms with E-state index < -0.39 is 0 Å². The third kappa shape index (κ3) is 8.86. The molecule has 0 aromatic heterocycles. The highest BCUT2D eigenvalue weighted by Crippen LogP contribution is 2.55. The SMILES string of the molecule is Cc1ccc(N(c2cccc(C)c2)c2cc(N(c3ccc(C)cc3)c3cccc(C)c3)c3ccc4c(N(c5ccc(C)cc5)c5cccc(C)c5)cc(N(c5ccc(C)cc5)c5cccc(C)c5)c5ccc2c3c54)cc1. The summed E-state index contributed by atoms with van der Waals surface area (Å²) in [5.74, 6) is 0. The Morgan fingerprint density at radius 3 is 0.592 bits per heavy atom. The molecule has 12 rings (SSSR count). The second-order valence-corrected chi connectivity index (χ2v) is 20.9. The summed E-state index contributed by atoms with van der Waals surface area (Å²) in [6.45, 7) is 17.4. The van der Waals surface area contributed by atoms with Crippen LogP contribution in [0.4, 0.5) is 68.2 Å². The van der Waals surface area contributed by atoms with Crippen LogP contribution in [0.5, 0.6) is 0 Å². The molecule has 4 nitrogen and oxygen atoms in total. The third-order valence-corrected chi connectivity index (χ3v) is 15.0. The molecule has 4 heteroatoms. The Bertz CT molecular complexity index is 3550. The molecule has 12 aromatic rings. The molecule has 0 bridgehead atoms. The Balaban J connectivity index is 1.30. The van der Waals surface area contributed by atoms with Gasteiger partial charge in [0.25, 0.3) is 0 Å². The Kier molecular flexibility index (Phi) is 12.4. The predicted molar refractivity (Wildman–Crippen MR) is 327 cm³/mol. The van der Waals surface area contributed by atoms with Crippen LogP contribution in [0.2, 0.25) is 0 Å². The van der Waals surface area contributed by atoms with Crippen LogP contribution in [0, 0.1) is 55.4 Å². The van der Waals surface area contributed by atoms with E-state index in [1.54, 1.807) is 0 Å². The van der Waals surface area contributed by atoms with Crippen molar-refractivity contribution < 1.29 is 0 Å². The van der Waals surface area contributed by atoms with Crippen molar-refractivity contribution in [3.8, 4) is 0 Å². The Hall–Kier alpha value is -9.12. The molecule has 0 radical (unpaired) electrons. The highest BCUT2D eigenvalue weighted by atomic mass is 15.2. The maximum Gasteiger partial charge on any atom is 0.0561 e. The lowest BCUT2D eigenvalue weighted by Gasteiger charge is -2.34. The Morgan fingerprint density at radius 2 is 0.395 bits per heavy atom. The molecule has 0 aliphatic carbocycles. The first kappa shape index (κ1) is 47.9. The molecule has 0 saturated carbocycles. The van der Waals surface area contributed by atoms with Crippen molar-refractivity contribution >= 4 is 101 Å². The van der Waals surface area contributed by atoms with E-state index in [9.17, 15) is 0 Å². The monoisotopic (exact) mass is 982 g/mol. The van der Waals surface area contributed by atoms with Crippen LogP contribution >= 0.6 is 0 Å².